The lowest BCUT2D eigenvalue weighted by atomic mass is 10.2. The van der Waals surface area contributed by atoms with Crippen LogP contribution in [0.2, 0.25) is 10.0 Å². The molecule has 0 aliphatic rings. The first-order valence-corrected chi connectivity index (χ1v) is 10.2. The molecule has 1 heterocycles. The van der Waals surface area contributed by atoms with Gasteiger partial charge in [-0.05, 0) is 60.7 Å². The zero-order valence-corrected chi connectivity index (χ0v) is 18.4. The van der Waals surface area contributed by atoms with Crippen molar-refractivity contribution in [2.24, 2.45) is 0 Å². The summed E-state index contributed by atoms with van der Waals surface area (Å²) in [5.41, 5.74) is 2.88. The first kappa shape index (κ1) is 21.1. The second kappa shape index (κ2) is 8.93. The van der Waals surface area contributed by atoms with E-state index < -0.39 is 0 Å². The number of aromatic nitrogens is 1. The molecule has 1 aromatic heterocycles. The van der Waals surface area contributed by atoms with Gasteiger partial charge in [0.25, 0.3) is 5.91 Å². The second-order valence-corrected chi connectivity index (χ2v) is 7.69. The highest BCUT2D eigenvalue weighted by molar-refractivity contribution is 7.80. The smallest absolute Gasteiger partial charge is 0.261 e. The van der Waals surface area contributed by atoms with Crippen molar-refractivity contribution in [2.75, 3.05) is 12.4 Å². The summed E-state index contributed by atoms with van der Waals surface area (Å²) in [7, 11) is 1.50. The van der Waals surface area contributed by atoms with E-state index in [0.29, 0.717) is 44.0 Å². The molecule has 0 aliphatic heterocycles. The van der Waals surface area contributed by atoms with Crippen LogP contribution in [0.3, 0.4) is 0 Å². The Balaban J connectivity index is 1.45. The molecule has 0 spiro atoms. The molecule has 0 unspecified atom stereocenters. The van der Waals surface area contributed by atoms with E-state index in [1.165, 1.54) is 7.11 Å². The van der Waals surface area contributed by atoms with Crippen LogP contribution in [0.1, 0.15) is 10.4 Å². The molecule has 0 bridgehead atoms. The van der Waals surface area contributed by atoms with Crippen LogP contribution in [0.5, 0.6) is 5.75 Å². The molecule has 0 saturated heterocycles. The summed E-state index contributed by atoms with van der Waals surface area (Å²) >= 11 is 17.4. The van der Waals surface area contributed by atoms with Gasteiger partial charge in [-0.3, -0.25) is 10.1 Å². The van der Waals surface area contributed by atoms with Gasteiger partial charge in [0.15, 0.2) is 10.7 Å². The number of anilines is 1. The Morgan fingerprint density at radius 1 is 1.10 bits per heavy atom. The maximum absolute atomic E-state index is 12.4. The van der Waals surface area contributed by atoms with Gasteiger partial charge in [-0.25, -0.2) is 4.98 Å². The van der Waals surface area contributed by atoms with Crippen molar-refractivity contribution < 1.29 is 13.9 Å². The molecule has 6 nitrogen and oxygen atoms in total. The third kappa shape index (κ3) is 4.64. The highest BCUT2D eigenvalue weighted by atomic mass is 35.5. The lowest BCUT2D eigenvalue weighted by Crippen LogP contribution is -2.34. The number of carbonyl (C=O) groups is 1. The monoisotopic (exact) mass is 471 g/mol. The van der Waals surface area contributed by atoms with Crippen molar-refractivity contribution >= 4 is 63.2 Å². The fourth-order valence-electron chi connectivity index (χ4n) is 2.94. The summed E-state index contributed by atoms with van der Waals surface area (Å²) in [6.07, 6.45) is 0. The molecular formula is C22H15Cl2N3O3S. The van der Waals surface area contributed by atoms with E-state index in [2.05, 4.69) is 15.6 Å². The van der Waals surface area contributed by atoms with E-state index in [9.17, 15) is 4.79 Å². The van der Waals surface area contributed by atoms with Crippen LogP contribution in [0, 0.1) is 0 Å². The van der Waals surface area contributed by atoms with Crippen molar-refractivity contribution in [3.63, 3.8) is 0 Å². The Morgan fingerprint density at radius 2 is 1.84 bits per heavy atom. The maximum atomic E-state index is 12.4. The molecule has 0 fully saturated rings. The van der Waals surface area contributed by atoms with Gasteiger partial charge in [0.05, 0.1) is 17.7 Å². The van der Waals surface area contributed by atoms with Crippen LogP contribution in [-0.4, -0.2) is 23.1 Å². The Bertz CT molecular complexity index is 1290. The zero-order valence-electron chi connectivity index (χ0n) is 16.1. The number of hydrogen-bond donors (Lipinski definition) is 2. The van der Waals surface area contributed by atoms with Crippen LogP contribution >= 0.6 is 35.4 Å². The number of halogens is 2. The Kier molecular flexibility index (Phi) is 6.08. The third-order valence-electron chi connectivity index (χ3n) is 4.38. The summed E-state index contributed by atoms with van der Waals surface area (Å²) in [4.78, 5) is 16.9. The van der Waals surface area contributed by atoms with Gasteiger partial charge >= 0.3 is 0 Å². The molecule has 1 amide bonds. The van der Waals surface area contributed by atoms with Crippen molar-refractivity contribution in [3.8, 4) is 17.2 Å². The number of benzene rings is 3. The van der Waals surface area contributed by atoms with Crippen molar-refractivity contribution in [1.29, 1.82) is 0 Å². The molecule has 2 N–H and O–H groups in total. The Morgan fingerprint density at radius 3 is 2.58 bits per heavy atom. The standard InChI is InChI=1S/C22H15Cl2N3O3S/c1-29-18-5-3-2-4-15(18)20(28)27-22(31)25-14-8-6-12(7-9-14)21-26-17-11-13(23)10-16(24)19(17)30-21/h2-11H,1H3,(H2,25,27,28,31). The molecule has 0 aliphatic carbocycles. The van der Waals surface area contributed by atoms with Crippen molar-refractivity contribution in [1.82, 2.24) is 10.3 Å². The molecule has 31 heavy (non-hydrogen) atoms. The summed E-state index contributed by atoms with van der Waals surface area (Å²) in [5, 5.41) is 6.65. The first-order chi connectivity index (χ1) is 14.9. The fraction of sp³-hybridized carbons (Fsp3) is 0.0455. The predicted molar refractivity (Wildman–Crippen MR) is 126 cm³/mol. The molecule has 3 aromatic carbocycles. The largest absolute Gasteiger partial charge is 0.496 e. The van der Waals surface area contributed by atoms with Gasteiger partial charge in [-0.1, -0.05) is 35.3 Å². The fourth-order valence-corrected chi connectivity index (χ4v) is 3.68. The van der Waals surface area contributed by atoms with Gasteiger partial charge in [0.2, 0.25) is 5.89 Å². The quantitative estimate of drug-likeness (QED) is 0.358. The summed E-state index contributed by atoms with van der Waals surface area (Å²) in [5.74, 6) is 0.512. The minimum Gasteiger partial charge on any atom is -0.496 e. The number of fused-ring (bicyclic) bond motifs is 1. The normalized spacial score (nSPS) is 10.7. The number of nitrogens with zero attached hydrogens (tertiary/aromatic N) is 1. The van der Waals surface area contributed by atoms with E-state index >= 15 is 0 Å². The number of methoxy groups -OCH3 is 1. The Hall–Kier alpha value is -3.13. The number of oxazole rings is 1. The van der Waals surface area contributed by atoms with E-state index in [-0.39, 0.29) is 11.0 Å². The number of nitrogens with one attached hydrogen (secondary N) is 2. The van der Waals surface area contributed by atoms with Crippen LogP contribution in [0.15, 0.2) is 65.1 Å². The first-order valence-electron chi connectivity index (χ1n) is 9.06. The molecule has 4 aromatic rings. The van der Waals surface area contributed by atoms with E-state index in [1.54, 1.807) is 48.5 Å². The number of rotatable bonds is 4. The number of carbonyl (C=O) groups excluding carboxylic acids is 1. The molecular weight excluding hydrogens is 457 g/mol. The average Bonchev–Trinajstić information content (AvgIpc) is 3.18. The summed E-state index contributed by atoms with van der Waals surface area (Å²) in [6, 6.07) is 17.4. The zero-order chi connectivity index (χ0) is 22.0. The summed E-state index contributed by atoms with van der Waals surface area (Å²) < 4.78 is 11.0. The van der Waals surface area contributed by atoms with Gasteiger partial charge in [-0.2, -0.15) is 0 Å². The van der Waals surface area contributed by atoms with Crippen molar-refractivity contribution in [2.45, 2.75) is 0 Å². The minimum atomic E-state index is -0.367. The lowest BCUT2D eigenvalue weighted by Gasteiger charge is -2.11. The molecule has 0 saturated carbocycles. The average molecular weight is 472 g/mol. The van der Waals surface area contributed by atoms with Crippen LogP contribution in [0.25, 0.3) is 22.6 Å². The van der Waals surface area contributed by atoms with Crippen LogP contribution in [0.4, 0.5) is 5.69 Å². The lowest BCUT2D eigenvalue weighted by molar-refractivity contribution is 0.0975. The number of para-hydroxylation sites is 1. The van der Waals surface area contributed by atoms with Crippen molar-refractivity contribution in [3.05, 3.63) is 76.3 Å². The summed E-state index contributed by atoms with van der Waals surface area (Å²) in [6.45, 7) is 0. The Labute approximate surface area is 193 Å². The van der Waals surface area contributed by atoms with Crippen LogP contribution < -0.4 is 15.4 Å². The predicted octanol–water partition coefficient (Wildman–Crippen LogP) is 5.94. The highest BCUT2D eigenvalue weighted by Crippen LogP contribution is 2.32. The highest BCUT2D eigenvalue weighted by Gasteiger charge is 2.14. The topological polar surface area (TPSA) is 76.4 Å². The number of ether oxygens (including phenoxy) is 1. The number of thiocarbonyl (C=S) groups is 1. The minimum absolute atomic E-state index is 0.159. The second-order valence-electron chi connectivity index (χ2n) is 6.44. The molecule has 0 atom stereocenters. The van der Waals surface area contributed by atoms with Gasteiger partial charge in [-0.15, -0.1) is 0 Å². The van der Waals surface area contributed by atoms with E-state index in [1.807, 2.05) is 12.1 Å². The molecule has 9 heteroatoms. The molecule has 4 rings (SSSR count). The number of hydrogen-bond acceptors (Lipinski definition) is 5. The third-order valence-corrected chi connectivity index (χ3v) is 5.08. The SMILES string of the molecule is COc1ccccc1C(=O)NC(=S)Nc1ccc(-c2nc3cc(Cl)cc(Cl)c3o2)cc1. The number of amides is 1. The molecule has 0 radical (unpaired) electrons. The van der Waals surface area contributed by atoms with E-state index in [0.717, 1.165) is 5.56 Å². The van der Waals surface area contributed by atoms with Crippen LogP contribution in [-0.2, 0) is 0 Å². The van der Waals surface area contributed by atoms with Gasteiger partial charge in [0.1, 0.15) is 11.3 Å². The van der Waals surface area contributed by atoms with E-state index in [4.69, 9.17) is 44.6 Å². The van der Waals surface area contributed by atoms with Gasteiger partial charge in [0, 0.05) is 16.3 Å². The van der Waals surface area contributed by atoms with Gasteiger partial charge < -0.3 is 14.5 Å². The maximum Gasteiger partial charge on any atom is 0.261 e. The molecule has 156 valence electrons.